The zero-order chi connectivity index (χ0) is 12.3. The second-order valence-corrected chi connectivity index (χ2v) is 5.15. The molecule has 2 nitrogen and oxygen atoms in total. The van der Waals surface area contributed by atoms with Crippen LogP contribution in [0.3, 0.4) is 0 Å². The Morgan fingerprint density at radius 3 is 1.94 bits per heavy atom. The fraction of sp³-hybridized carbons (Fsp3) is 0.800. The Morgan fingerprint density at radius 2 is 1.44 bits per heavy atom. The van der Waals surface area contributed by atoms with Crippen LogP contribution < -0.4 is 28.5 Å². The first-order valence-corrected chi connectivity index (χ1v) is 7.34. The van der Waals surface area contributed by atoms with Crippen LogP contribution in [0.2, 0.25) is 0 Å². The van der Waals surface area contributed by atoms with Crippen molar-refractivity contribution in [1.29, 1.82) is 0 Å². The van der Waals surface area contributed by atoms with Gasteiger partial charge in [-0.25, -0.2) is 9.13 Å². The molecule has 18 heavy (non-hydrogen) atoms. The molecule has 0 spiro atoms. The van der Waals surface area contributed by atoms with E-state index in [0.29, 0.717) is 0 Å². The van der Waals surface area contributed by atoms with Gasteiger partial charge in [-0.2, -0.15) is 0 Å². The number of nitrogens with zero attached hydrogens (tertiary/aromatic N) is 2. The summed E-state index contributed by atoms with van der Waals surface area (Å²) in [7, 11) is 2.08. The molecule has 0 radical (unpaired) electrons. The van der Waals surface area contributed by atoms with Crippen molar-refractivity contribution in [3.63, 3.8) is 0 Å². The summed E-state index contributed by atoms with van der Waals surface area (Å²) in [5, 5.41) is 0. The maximum absolute atomic E-state index is 2.28. The summed E-state index contributed by atoms with van der Waals surface area (Å²) in [5.41, 5.74) is 0. The third-order valence-electron chi connectivity index (χ3n) is 3.34. The first kappa shape index (κ1) is 17.9. The summed E-state index contributed by atoms with van der Waals surface area (Å²) in [5.74, 6) is 0. The molecule has 0 bridgehead atoms. The second-order valence-electron chi connectivity index (χ2n) is 5.15. The Hall–Kier alpha value is -0.0600. The molecule has 106 valence electrons. The molecule has 1 aromatic rings. The number of unbranched alkanes of at least 4 members (excludes halogenated alkanes) is 8. The number of imidazole rings is 1. The van der Waals surface area contributed by atoms with Gasteiger partial charge >= 0.3 is 0 Å². The van der Waals surface area contributed by atoms with Gasteiger partial charge in [0, 0.05) is 0 Å². The van der Waals surface area contributed by atoms with E-state index in [2.05, 4.69) is 41.8 Å². The topological polar surface area (TPSA) is 8.81 Å². The maximum Gasteiger partial charge on any atom is 0.243 e. The van der Waals surface area contributed by atoms with E-state index in [0.717, 1.165) is 0 Å². The summed E-state index contributed by atoms with van der Waals surface area (Å²) in [6.07, 6.45) is 19.1. The first-order chi connectivity index (χ1) is 8.33. The molecule has 0 saturated heterocycles. The average molecular weight is 364 g/mol. The molecular weight excluding hydrogens is 335 g/mol. The number of halogens is 1. The number of hydrogen-bond donors (Lipinski definition) is 0. The fourth-order valence-electron chi connectivity index (χ4n) is 2.24. The fourth-order valence-corrected chi connectivity index (χ4v) is 2.24. The Kier molecular flexibility index (Phi) is 12.0. The van der Waals surface area contributed by atoms with E-state index >= 15 is 0 Å². The van der Waals surface area contributed by atoms with E-state index in [1.54, 1.807) is 0 Å². The Balaban J connectivity index is 0.00000289. The summed E-state index contributed by atoms with van der Waals surface area (Å²) < 4.78 is 4.38. The molecule has 0 atom stereocenters. The number of hydrogen-bond acceptors (Lipinski definition) is 0. The molecule has 0 saturated carbocycles. The molecule has 0 fully saturated rings. The highest BCUT2D eigenvalue weighted by molar-refractivity contribution is 4.65. The lowest BCUT2D eigenvalue weighted by Gasteiger charge is -2.00. The van der Waals surface area contributed by atoms with Crippen molar-refractivity contribution < 1.29 is 28.5 Å². The van der Waals surface area contributed by atoms with Crippen molar-refractivity contribution in [2.24, 2.45) is 7.05 Å². The molecule has 0 aliphatic rings. The normalized spacial score (nSPS) is 10.3. The second kappa shape index (κ2) is 12.0. The number of aromatic nitrogens is 2. The van der Waals surface area contributed by atoms with Gasteiger partial charge in [0.25, 0.3) is 0 Å². The van der Waals surface area contributed by atoms with E-state index in [1.165, 1.54) is 64.3 Å². The average Bonchev–Trinajstić information content (AvgIpc) is 2.73. The quantitative estimate of drug-likeness (QED) is 0.331. The van der Waals surface area contributed by atoms with Crippen LogP contribution >= 0.6 is 0 Å². The maximum atomic E-state index is 2.28. The highest BCUT2D eigenvalue weighted by Crippen LogP contribution is 2.09. The van der Waals surface area contributed by atoms with Gasteiger partial charge in [-0.1, -0.05) is 51.9 Å². The van der Waals surface area contributed by atoms with Crippen LogP contribution in [0.25, 0.3) is 0 Å². The summed E-state index contributed by atoms with van der Waals surface area (Å²) >= 11 is 0. The zero-order valence-corrected chi connectivity index (χ0v) is 14.2. The highest BCUT2D eigenvalue weighted by atomic mass is 127. The summed E-state index contributed by atoms with van der Waals surface area (Å²) in [6.45, 7) is 3.46. The first-order valence-electron chi connectivity index (χ1n) is 7.34. The highest BCUT2D eigenvalue weighted by Gasteiger charge is 1.99. The smallest absolute Gasteiger partial charge is 0.243 e. The third-order valence-corrected chi connectivity index (χ3v) is 3.34. The van der Waals surface area contributed by atoms with E-state index in [4.69, 9.17) is 0 Å². The van der Waals surface area contributed by atoms with Gasteiger partial charge in [-0.15, -0.1) is 0 Å². The minimum atomic E-state index is 0. The van der Waals surface area contributed by atoms with Crippen molar-refractivity contribution in [2.75, 3.05) is 0 Å². The van der Waals surface area contributed by atoms with Crippen molar-refractivity contribution in [1.82, 2.24) is 4.57 Å². The van der Waals surface area contributed by atoms with Crippen LogP contribution in [-0.2, 0) is 13.6 Å². The van der Waals surface area contributed by atoms with Crippen LogP contribution in [-0.4, -0.2) is 4.57 Å². The number of rotatable bonds is 10. The SMILES string of the molecule is CCCCCCCCCCCn1cc[n+](C)c1.[I-]. The molecule has 0 N–H and O–H groups in total. The van der Waals surface area contributed by atoms with Crippen molar-refractivity contribution in [2.45, 2.75) is 71.3 Å². The molecule has 0 aromatic carbocycles. The molecule has 1 aromatic heterocycles. The largest absolute Gasteiger partial charge is 1.00 e. The lowest BCUT2D eigenvalue weighted by atomic mass is 10.1. The van der Waals surface area contributed by atoms with Gasteiger partial charge < -0.3 is 24.0 Å². The Labute approximate surface area is 130 Å². The summed E-state index contributed by atoms with van der Waals surface area (Å²) in [6, 6.07) is 0. The van der Waals surface area contributed by atoms with Gasteiger partial charge in [-0.3, -0.25) is 0 Å². The van der Waals surface area contributed by atoms with Gasteiger partial charge in [0.15, 0.2) is 0 Å². The van der Waals surface area contributed by atoms with E-state index in [1.807, 2.05) is 0 Å². The van der Waals surface area contributed by atoms with Crippen molar-refractivity contribution in [3.8, 4) is 0 Å². The number of aryl methyl sites for hydroxylation is 2. The predicted octanol–water partition coefficient (Wildman–Crippen LogP) is 0.847. The van der Waals surface area contributed by atoms with Crippen molar-refractivity contribution in [3.05, 3.63) is 18.7 Å². The molecule has 3 heteroatoms. The lowest BCUT2D eigenvalue weighted by molar-refractivity contribution is -0.671. The van der Waals surface area contributed by atoms with Gasteiger partial charge in [0.05, 0.1) is 13.6 Å². The van der Waals surface area contributed by atoms with Gasteiger partial charge in [-0.05, 0) is 12.8 Å². The Bertz CT molecular complexity index is 284. The molecule has 1 heterocycles. The monoisotopic (exact) mass is 364 g/mol. The minimum Gasteiger partial charge on any atom is -1.00 e. The van der Waals surface area contributed by atoms with Crippen LogP contribution in [0.4, 0.5) is 0 Å². The summed E-state index contributed by atoms with van der Waals surface area (Å²) in [4.78, 5) is 0. The van der Waals surface area contributed by atoms with Crippen LogP contribution in [0.1, 0.15) is 64.7 Å². The van der Waals surface area contributed by atoms with Crippen LogP contribution in [0, 0.1) is 0 Å². The molecule has 0 unspecified atom stereocenters. The minimum absolute atomic E-state index is 0. The van der Waals surface area contributed by atoms with Gasteiger partial charge in [0.2, 0.25) is 6.33 Å². The zero-order valence-electron chi connectivity index (χ0n) is 12.1. The Morgan fingerprint density at radius 1 is 0.889 bits per heavy atom. The molecule has 0 aliphatic heterocycles. The van der Waals surface area contributed by atoms with Crippen LogP contribution in [0.5, 0.6) is 0 Å². The third kappa shape index (κ3) is 8.95. The molecule has 0 amide bonds. The van der Waals surface area contributed by atoms with Crippen molar-refractivity contribution >= 4 is 0 Å². The lowest BCUT2D eigenvalue weighted by Crippen LogP contribution is -3.00. The predicted molar refractivity (Wildman–Crippen MR) is 72.8 cm³/mol. The van der Waals surface area contributed by atoms with Crippen LogP contribution in [0.15, 0.2) is 18.7 Å². The molecule has 0 aliphatic carbocycles. The molecular formula is C15H29IN2. The van der Waals surface area contributed by atoms with Gasteiger partial charge in [0.1, 0.15) is 12.4 Å². The molecule has 1 rings (SSSR count). The van der Waals surface area contributed by atoms with E-state index < -0.39 is 0 Å². The van der Waals surface area contributed by atoms with E-state index in [9.17, 15) is 0 Å². The standard InChI is InChI=1S/C15H29N2.HI/c1-3-4-5-6-7-8-9-10-11-12-17-14-13-16(2)15-17;/h13-15H,3-12H2,1-2H3;1H/q+1;/p-1. The van der Waals surface area contributed by atoms with E-state index in [-0.39, 0.29) is 24.0 Å².